The molecule has 0 radical (unpaired) electrons. The van der Waals surface area contributed by atoms with E-state index in [-0.39, 0.29) is 12.5 Å². The van der Waals surface area contributed by atoms with Crippen LogP contribution in [0.1, 0.15) is 30.0 Å². The van der Waals surface area contributed by atoms with Gasteiger partial charge in [0.2, 0.25) is 5.91 Å². The minimum Gasteiger partial charge on any atom is -0.387 e. The van der Waals surface area contributed by atoms with Crippen molar-refractivity contribution in [2.45, 2.75) is 32.5 Å². The van der Waals surface area contributed by atoms with E-state index in [1.54, 1.807) is 18.1 Å². The van der Waals surface area contributed by atoms with Crippen LogP contribution in [0, 0.1) is 0 Å². The number of nitrogens with zero attached hydrogens (tertiary/aromatic N) is 4. The molecular formula is C13H17ClN4O2S. The quantitative estimate of drug-likeness (QED) is 0.881. The first-order valence-corrected chi connectivity index (χ1v) is 7.75. The molecule has 1 atom stereocenters. The summed E-state index contributed by atoms with van der Waals surface area (Å²) < 4.78 is 2.15. The summed E-state index contributed by atoms with van der Waals surface area (Å²) in [5.41, 5.74) is 0.484. The van der Waals surface area contributed by atoms with Crippen LogP contribution < -0.4 is 0 Å². The Morgan fingerprint density at radius 2 is 2.33 bits per heavy atom. The fourth-order valence-corrected chi connectivity index (χ4v) is 2.91. The Kier molecular flexibility index (Phi) is 5.33. The molecule has 0 spiro atoms. The number of likely N-dealkylation sites (N-methyl/N-ethyl adjacent to an activating group) is 1. The van der Waals surface area contributed by atoms with E-state index in [1.807, 2.05) is 19.1 Å². The second-order valence-corrected chi connectivity index (χ2v) is 6.52. The zero-order chi connectivity index (χ0) is 15.4. The minimum absolute atomic E-state index is 0.0815. The number of aromatic nitrogens is 3. The molecule has 0 aliphatic heterocycles. The summed E-state index contributed by atoms with van der Waals surface area (Å²) in [6.45, 7) is 2.46. The van der Waals surface area contributed by atoms with Crippen LogP contribution in [0.4, 0.5) is 0 Å². The second-order valence-electron chi connectivity index (χ2n) is 4.72. The minimum atomic E-state index is -0.639. The number of hydrogen-bond acceptors (Lipinski definition) is 5. The summed E-state index contributed by atoms with van der Waals surface area (Å²) in [6.07, 6.45) is 1.52. The third-order valence-electron chi connectivity index (χ3n) is 3.03. The van der Waals surface area contributed by atoms with Gasteiger partial charge in [-0.2, -0.15) is 0 Å². The molecule has 6 nitrogen and oxygen atoms in total. The maximum absolute atomic E-state index is 12.1. The van der Waals surface area contributed by atoms with Crippen LogP contribution in [-0.4, -0.2) is 38.0 Å². The van der Waals surface area contributed by atoms with Crippen LogP contribution in [0.5, 0.6) is 0 Å². The van der Waals surface area contributed by atoms with Crippen LogP contribution >= 0.6 is 22.9 Å². The first-order valence-electron chi connectivity index (χ1n) is 6.56. The molecule has 2 aromatic heterocycles. The third-order valence-corrected chi connectivity index (χ3v) is 4.25. The highest BCUT2D eigenvalue weighted by molar-refractivity contribution is 7.16. The van der Waals surface area contributed by atoms with Crippen molar-refractivity contribution >= 4 is 28.8 Å². The normalized spacial score (nSPS) is 12.4. The van der Waals surface area contributed by atoms with Gasteiger partial charge in [0.1, 0.15) is 12.2 Å². The first-order chi connectivity index (χ1) is 9.99. The second kappa shape index (κ2) is 7.02. The Bertz CT molecular complexity index is 613. The van der Waals surface area contributed by atoms with E-state index in [2.05, 4.69) is 10.3 Å². The van der Waals surface area contributed by atoms with Gasteiger partial charge in [-0.15, -0.1) is 16.4 Å². The highest BCUT2D eigenvalue weighted by Gasteiger charge is 2.14. The van der Waals surface area contributed by atoms with Crippen molar-refractivity contribution in [3.8, 4) is 0 Å². The Labute approximate surface area is 131 Å². The van der Waals surface area contributed by atoms with Gasteiger partial charge in [0.05, 0.1) is 23.2 Å². The van der Waals surface area contributed by atoms with Crippen molar-refractivity contribution in [2.24, 2.45) is 0 Å². The molecule has 0 bridgehead atoms. The lowest BCUT2D eigenvalue weighted by Gasteiger charge is -2.15. The molecule has 2 aromatic rings. The first kappa shape index (κ1) is 15.9. The van der Waals surface area contributed by atoms with Crippen molar-refractivity contribution < 1.29 is 9.90 Å². The van der Waals surface area contributed by atoms with Crippen LogP contribution in [0.15, 0.2) is 18.3 Å². The van der Waals surface area contributed by atoms with Gasteiger partial charge >= 0.3 is 0 Å². The zero-order valence-corrected chi connectivity index (χ0v) is 13.4. The van der Waals surface area contributed by atoms with Crippen LogP contribution in [-0.2, 0) is 17.9 Å². The molecule has 1 N–H and O–H groups in total. The lowest BCUT2D eigenvalue weighted by atomic mass is 10.2. The number of rotatable bonds is 6. The van der Waals surface area contributed by atoms with Crippen LogP contribution in [0.2, 0.25) is 4.34 Å². The molecule has 114 valence electrons. The average molecular weight is 329 g/mol. The monoisotopic (exact) mass is 328 g/mol. The van der Waals surface area contributed by atoms with Gasteiger partial charge in [0, 0.05) is 11.9 Å². The third kappa shape index (κ3) is 4.26. The van der Waals surface area contributed by atoms with Gasteiger partial charge in [0.15, 0.2) is 0 Å². The van der Waals surface area contributed by atoms with Crippen LogP contribution in [0.3, 0.4) is 0 Å². The molecule has 0 saturated heterocycles. The number of amides is 1. The molecule has 0 aliphatic carbocycles. The fourth-order valence-electron chi connectivity index (χ4n) is 1.77. The van der Waals surface area contributed by atoms with Crippen molar-refractivity contribution in [1.29, 1.82) is 0 Å². The van der Waals surface area contributed by atoms with Gasteiger partial charge in [-0.25, -0.2) is 4.68 Å². The number of carbonyl (C=O) groups is 1. The topological polar surface area (TPSA) is 71.2 Å². The summed E-state index contributed by atoms with van der Waals surface area (Å²) in [6, 6.07) is 3.72. The summed E-state index contributed by atoms with van der Waals surface area (Å²) in [5.74, 6) is -0.0815. The molecular weight excluding hydrogens is 312 g/mol. The molecule has 0 saturated carbocycles. The smallest absolute Gasteiger partial charge is 0.244 e. The van der Waals surface area contributed by atoms with E-state index in [0.29, 0.717) is 23.0 Å². The van der Waals surface area contributed by atoms with Crippen LogP contribution in [0.25, 0.3) is 0 Å². The number of aliphatic hydroxyl groups is 1. The maximum Gasteiger partial charge on any atom is 0.244 e. The van der Waals surface area contributed by atoms with Crippen molar-refractivity contribution in [2.75, 3.05) is 7.05 Å². The molecule has 0 fully saturated rings. The molecule has 0 aromatic carbocycles. The Morgan fingerprint density at radius 1 is 1.57 bits per heavy atom. The number of carbonyl (C=O) groups excluding carboxylic acids is 1. The van der Waals surface area contributed by atoms with Crippen molar-refractivity contribution in [3.63, 3.8) is 0 Å². The van der Waals surface area contributed by atoms with Gasteiger partial charge < -0.3 is 10.0 Å². The van der Waals surface area contributed by atoms with Crippen molar-refractivity contribution in [3.05, 3.63) is 33.2 Å². The molecule has 1 unspecified atom stereocenters. The average Bonchev–Trinajstić information content (AvgIpc) is 3.07. The number of hydrogen-bond donors (Lipinski definition) is 1. The number of halogens is 1. The Balaban J connectivity index is 1.92. The largest absolute Gasteiger partial charge is 0.387 e. The maximum atomic E-state index is 12.1. The van der Waals surface area contributed by atoms with Gasteiger partial charge in [0.25, 0.3) is 0 Å². The van der Waals surface area contributed by atoms with E-state index < -0.39 is 6.10 Å². The Hall–Kier alpha value is -1.44. The SMILES string of the molecule is CCC(O)c1cn(CC(=O)N(C)Cc2ccc(Cl)s2)nn1. The molecule has 1 amide bonds. The lowest BCUT2D eigenvalue weighted by molar-refractivity contribution is -0.131. The van der Waals surface area contributed by atoms with E-state index >= 15 is 0 Å². The lowest BCUT2D eigenvalue weighted by Crippen LogP contribution is -2.29. The number of aliphatic hydroxyl groups excluding tert-OH is 1. The standard InChI is InChI=1S/C13H17ClN4O2S/c1-3-11(19)10-7-18(16-15-10)8-13(20)17(2)6-9-4-5-12(14)21-9/h4-5,7,11,19H,3,6,8H2,1-2H3. The molecule has 21 heavy (non-hydrogen) atoms. The fraction of sp³-hybridized carbons (Fsp3) is 0.462. The summed E-state index contributed by atoms with van der Waals surface area (Å²) in [7, 11) is 1.73. The molecule has 0 aliphatic rings. The van der Waals surface area contributed by atoms with E-state index in [1.165, 1.54) is 16.0 Å². The highest BCUT2D eigenvalue weighted by Crippen LogP contribution is 2.22. The van der Waals surface area contributed by atoms with E-state index in [0.717, 1.165) is 4.88 Å². The zero-order valence-electron chi connectivity index (χ0n) is 11.9. The van der Waals surface area contributed by atoms with Crippen molar-refractivity contribution in [1.82, 2.24) is 19.9 Å². The number of thiophene rings is 1. The Morgan fingerprint density at radius 3 is 2.95 bits per heavy atom. The molecule has 8 heteroatoms. The van der Waals surface area contributed by atoms with Gasteiger partial charge in [-0.3, -0.25) is 4.79 Å². The van der Waals surface area contributed by atoms with E-state index in [9.17, 15) is 9.90 Å². The molecule has 2 rings (SSSR count). The summed E-state index contributed by atoms with van der Waals surface area (Å²) >= 11 is 7.32. The highest BCUT2D eigenvalue weighted by atomic mass is 35.5. The predicted molar refractivity (Wildman–Crippen MR) is 81.1 cm³/mol. The predicted octanol–water partition coefficient (Wildman–Crippen LogP) is 2.09. The molecule has 2 heterocycles. The summed E-state index contributed by atoms with van der Waals surface area (Å²) in [5, 5.41) is 17.4. The van der Waals surface area contributed by atoms with Gasteiger partial charge in [-0.1, -0.05) is 23.7 Å². The van der Waals surface area contributed by atoms with E-state index in [4.69, 9.17) is 11.6 Å². The summed E-state index contributed by atoms with van der Waals surface area (Å²) in [4.78, 5) is 14.8. The van der Waals surface area contributed by atoms with Gasteiger partial charge in [-0.05, 0) is 18.6 Å².